The van der Waals surface area contributed by atoms with E-state index in [1.807, 2.05) is 0 Å². The number of piperidine rings is 1. The monoisotopic (exact) mass is 330 g/mol. The van der Waals surface area contributed by atoms with Crippen LogP contribution in [0.2, 0.25) is 0 Å². The van der Waals surface area contributed by atoms with Crippen LogP contribution < -0.4 is 0 Å². The molecule has 1 N–H and O–H groups in total. The van der Waals surface area contributed by atoms with Crippen LogP contribution >= 0.6 is 0 Å². The molecule has 1 aromatic rings. The predicted molar refractivity (Wildman–Crippen MR) is 95.8 cm³/mol. The molecular weight excluding hydrogens is 300 g/mol. The maximum Gasteiger partial charge on any atom is 0.237 e. The number of rotatable bonds is 6. The van der Waals surface area contributed by atoms with Gasteiger partial charge in [0.05, 0.1) is 6.54 Å². The summed E-state index contributed by atoms with van der Waals surface area (Å²) in [4.78, 5) is 17.2. The van der Waals surface area contributed by atoms with Gasteiger partial charge in [0.25, 0.3) is 0 Å². The van der Waals surface area contributed by atoms with E-state index in [2.05, 4.69) is 41.0 Å². The number of hydrogen-bond donors (Lipinski definition) is 1. The van der Waals surface area contributed by atoms with Gasteiger partial charge in [0.1, 0.15) is 0 Å². The Balaban J connectivity index is 1.71. The highest BCUT2D eigenvalue weighted by molar-refractivity contribution is 5.78. The number of likely N-dealkylation sites (tertiary alicyclic amines) is 1. The Morgan fingerprint density at radius 3 is 2.92 bits per heavy atom. The van der Waals surface area contributed by atoms with Crippen LogP contribution in [0.25, 0.3) is 0 Å². The summed E-state index contributed by atoms with van der Waals surface area (Å²) in [6.45, 7) is 4.50. The molecule has 0 saturated carbocycles. The largest absolute Gasteiger partial charge is 0.396 e. The predicted octanol–water partition coefficient (Wildman–Crippen LogP) is 2.76. The second kappa shape index (κ2) is 8.13. The molecule has 4 nitrogen and oxygen atoms in total. The first-order valence-corrected chi connectivity index (χ1v) is 9.43. The maximum atomic E-state index is 12.9. The van der Waals surface area contributed by atoms with Gasteiger partial charge in [0.15, 0.2) is 0 Å². The van der Waals surface area contributed by atoms with Crippen LogP contribution in [0, 0.1) is 0 Å². The lowest BCUT2D eigenvalue weighted by atomic mass is 10.0. The fourth-order valence-corrected chi connectivity index (χ4v) is 4.27. The minimum absolute atomic E-state index is 0.180. The van der Waals surface area contributed by atoms with E-state index in [4.69, 9.17) is 0 Å². The highest BCUT2D eigenvalue weighted by Gasteiger charge is 2.31. The topological polar surface area (TPSA) is 43.8 Å². The average molecular weight is 330 g/mol. The molecular formula is C20H30N2O2. The molecule has 2 aliphatic rings. The summed E-state index contributed by atoms with van der Waals surface area (Å²) in [5.74, 6) is 0.254. The van der Waals surface area contributed by atoms with Gasteiger partial charge in [-0.25, -0.2) is 0 Å². The van der Waals surface area contributed by atoms with Crippen LogP contribution in [0.15, 0.2) is 24.3 Å². The second-order valence-electron chi connectivity index (χ2n) is 7.23. The van der Waals surface area contributed by atoms with E-state index in [9.17, 15) is 9.90 Å². The Kier molecular flexibility index (Phi) is 5.90. The zero-order valence-corrected chi connectivity index (χ0v) is 14.8. The van der Waals surface area contributed by atoms with Crippen LogP contribution in [-0.2, 0) is 11.2 Å². The van der Waals surface area contributed by atoms with E-state index in [-0.39, 0.29) is 12.5 Å². The smallest absolute Gasteiger partial charge is 0.237 e. The molecule has 1 heterocycles. The third kappa shape index (κ3) is 3.81. The van der Waals surface area contributed by atoms with E-state index in [0.717, 1.165) is 45.2 Å². The van der Waals surface area contributed by atoms with Crippen molar-refractivity contribution < 1.29 is 9.90 Å². The van der Waals surface area contributed by atoms with Crippen LogP contribution in [0.1, 0.15) is 56.2 Å². The van der Waals surface area contributed by atoms with Gasteiger partial charge in [-0.15, -0.1) is 0 Å². The Morgan fingerprint density at radius 1 is 1.29 bits per heavy atom. The SMILES string of the molecule is CC1CCCCN1C(=O)CN(CCCO)C1CCc2ccccc21. The van der Waals surface area contributed by atoms with Crippen LogP contribution in [0.3, 0.4) is 0 Å². The highest BCUT2D eigenvalue weighted by Crippen LogP contribution is 2.35. The van der Waals surface area contributed by atoms with Crippen LogP contribution in [0.5, 0.6) is 0 Å². The van der Waals surface area contributed by atoms with Crippen molar-refractivity contribution in [3.63, 3.8) is 0 Å². The van der Waals surface area contributed by atoms with Gasteiger partial charge < -0.3 is 10.0 Å². The van der Waals surface area contributed by atoms with E-state index in [0.29, 0.717) is 18.6 Å². The summed E-state index contributed by atoms with van der Waals surface area (Å²) >= 11 is 0. The van der Waals surface area contributed by atoms with Crippen molar-refractivity contribution in [2.24, 2.45) is 0 Å². The van der Waals surface area contributed by atoms with Crippen molar-refractivity contribution in [1.29, 1.82) is 0 Å². The maximum absolute atomic E-state index is 12.9. The van der Waals surface area contributed by atoms with Gasteiger partial charge in [0.2, 0.25) is 5.91 Å². The Bertz CT molecular complexity index is 560. The third-order valence-electron chi connectivity index (χ3n) is 5.61. The van der Waals surface area contributed by atoms with Crippen molar-refractivity contribution in [3.8, 4) is 0 Å². The van der Waals surface area contributed by atoms with Gasteiger partial charge in [-0.05, 0) is 56.6 Å². The van der Waals surface area contributed by atoms with Gasteiger partial charge in [-0.2, -0.15) is 0 Å². The van der Waals surface area contributed by atoms with Crippen molar-refractivity contribution in [3.05, 3.63) is 35.4 Å². The van der Waals surface area contributed by atoms with Crippen molar-refractivity contribution in [2.75, 3.05) is 26.2 Å². The number of aryl methyl sites for hydroxylation is 1. The summed E-state index contributed by atoms with van der Waals surface area (Å²) in [5.41, 5.74) is 2.78. The van der Waals surface area contributed by atoms with Gasteiger partial charge in [-0.1, -0.05) is 24.3 Å². The number of carbonyl (C=O) groups is 1. The van der Waals surface area contributed by atoms with Gasteiger partial charge in [0, 0.05) is 31.8 Å². The molecule has 0 spiro atoms. The van der Waals surface area contributed by atoms with E-state index < -0.39 is 0 Å². The van der Waals surface area contributed by atoms with E-state index in [1.54, 1.807) is 0 Å². The van der Waals surface area contributed by atoms with Crippen LogP contribution in [-0.4, -0.2) is 53.1 Å². The summed E-state index contributed by atoms with van der Waals surface area (Å²) in [5, 5.41) is 9.26. The number of benzene rings is 1. The number of fused-ring (bicyclic) bond motifs is 1. The first-order chi connectivity index (χ1) is 11.7. The van der Waals surface area contributed by atoms with Crippen LogP contribution in [0.4, 0.5) is 0 Å². The molecule has 4 heteroatoms. The highest BCUT2D eigenvalue weighted by atomic mass is 16.3. The molecule has 3 rings (SSSR count). The molecule has 132 valence electrons. The van der Waals surface area contributed by atoms with Crippen molar-refractivity contribution >= 4 is 5.91 Å². The normalized spacial score (nSPS) is 23.5. The Hall–Kier alpha value is -1.39. The molecule has 2 unspecified atom stereocenters. The Labute approximate surface area is 145 Å². The number of aliphatic hydroxyl groups is 1. The zero-order valence-electron chi connectivity index (χ0n) is 14.8. The van der Waals surface area contributed by atoms with Crippen molar-refractivity contribution in [1.82, 2.24) is 9.80 Å². The first kappa shape index (κ1) is 17.4. The van der Waals surface area contributed by atoms with E-state index >= 15 is 0 Å². The molecule has 1 saturated heterocycles. The number of hydrogen-bond acceptors (Lipinski definition) is 3. The molecule has 0 radical (unpaired) electrons. The van der Waals surface area contributed by atoms with Gasteiger partial charge in [-0.3, -0.25) is 9.69 Å². The quantitative estimate of drug-likeness (QED) is 0.872. The summed E-state index contributed by atoms with van der Waals surface area (Å²) in [6.07, 6.45) is 6.36. The standard InChI is InChI=1S/C20H30N2O2/c1-16-7-4-5-13-22(16)20(24)15-21(12-6-14-23)19-11-10-17-8-2-3-9-18(17)19/h2-3,8-9,16,19,23H,4-7,10-15H2,1H3. The van der Waals surface area contributed by atoms with E-state index in [1.165, 1.54) is 17.5 Å². The number of amides is 1. The first-order valence-electron chi connectivity index (χ1n) is 9.43. The molecule has 1 aromatic carbocycles. The Morgan fingerprint density at radius 2 is 2.12 bits per heavy atom. The molecule has 1 fully saturated rings. The molecule has 0 aromatic heterocycles. The minimum atomic E-state index is 0.180. The molecule has 1 aliphatic heterocycles. The fourth-order valence-electron chi connectivity index (χ4n) is 4.27. The minimum Gasteiger partial charge on any atom is -0.396 e. The third-order valence-corrected chi connectivity index (χ3v) is 5.61. The van der Waals surface area contributed by atoms with Gasteiger partial charge >= 0.3 is 0 Å². The summed E-state index contributed by atoms with van der Waals surface area (Å²) in [6, 6.07) is 9.27. The summed E-state index contributed by atoms with van der Waals surface area (Å²) < 4.78 is 0. The zero-order chi connectivity index (χ0) is 16.9. The summed E-state index contributed by atoms with van der Waals surface area (Å²) in [7, 11) is 0. The fraction of sp³-hybridized carbons (Fsp3) is 0.650. The van der Waals surface area contributed by atoms with Crippen molar-refractivity contribution in [2.45, 2.75) is 57.5 Å². The lowest BCUT2D eigenvalue weighted by Gasteiger charge is -2.36. The molecule has 0 bridgehead atoms. The lowest BCUT2D eigenvalue weighted by molar-refractivity contribution is -0.136. The molecule has 1 aliphatic carbocycles. The number of aliphatic hydroxyl groups excluding tert-OH is 1. The molecule has 1 amide bonds. The number of nitrogens with zero attached hydrogens (tertiary/aromatic N) is 2. The molecule has 2 atom stereocenters. The average Bonchev–Trinajstić information content (AvgIpc) is 3.03. The lowest BCUT2D eigenvalue weighted by Crippen LogP contribution is -2.47. The number of carbonyl (C=O) groups excluding carboxylic acids is 1. The second-order valence-corrected chi connectivity index (χ2v) is 7.23. The molecule has 24 heavy (non-hydrogen) atoms.